The van der Waals surface area contributed by atoms with E-state index in [4.69, 9.17) is 21.7 Å². The number of hydrogen-bond acceptors (Lipinski definition) is 3. The van der Waals surface area contributed by atoms with Crippen LogP contribution in [0.3, 0.4) is 0 Å². The van der Waals surface area contributed by atoms with Crippen LogP contribution in [0, 0.1) is 4.77 Å². The van der Waals surface area contributed by atoms with Gasteiger partial charge in [0.2, 0.25) is 0 Å². The highest BCUT2D eigenvalue weighted by Gasteiger charge is 2.31. The molecule has 0 bridgehead atoms. The second-order valence-corrected chi connectivity index (χ2v) is 5.69. The summed E-state index contributed by atoms with van der Waals surface area (Å²) in [5, 5.41) is 0. The van der Waals surface area contributed by atoms with E-state index < -0.39 is 0 Å². The van der Waals surface area contributed by atoms with E-state index in [0.29, 0.717) is 6.61 Å². The maximum Gasteiger partial charge on any atom is 0.178 e. The largest absolute Gasteiger partial charge is 0.497 e. The molecule has 0 amide bonds. The van der Waals surface area contributed by atoms with Gasteiger partial charge in [-0.3, -0.25) is 0 Å². The molecule has 1 saturated heterocycles. The molecule has 1 aromatic carbocycles. The van der Waals surface area contributed by atoms with Crippen LogP contribution in [0.2, 0.25) is 0 Å². The van der Waals surface area contributed by atoms with Crippen LogP contribution in [0.25, 0.3) is 11.0 Å². The van der Waals surface area contributed by atoms with Crippen molar-refractivity contribution >= 4 is 23.3 Å². The van der Waals surface area contributed by atoms with Gasteiger partial charge < -0.3 is 19.0 Å². The van der Waals surface area contributed by atoms with Gasteiger partial charge in [-0.25, -0.2) is 0 Å². The van der Waals surface area contributed by atoms with Crippen LogP contribution in [0.4, 0.5) is 0 Å². The number of H-pyrrole nitrogens is 1. The van der Waals surface area contributed by atoms with Crippen LogP contribution in [0.5, 0.6) is 5.75 Å². The molecule has 2 heterocycles. The van der Waals surface area contributed by atoms with E-state index in [1.54, 1.807) is 7.11 Å². The van der Waals surface area contributed by atoms with Crippen LogP contribution >= 0.6 is 12.2 Å². The van der Waals surface area contributed by atoms with E-state index in [0.717, 1.165) is 41.0 Å². The monoisotopic (exact) mass is 278 g/mol. The molecule has 0 aliphatic carbocycles. The number of methoxy groups -OCH3 is 1. The third kappa shape index (κ3) is 2.07. The van der Waals surface area contributed by atoms with Crippen LogP contribution < -0.4 is 4.74 Å². The Morgan fingerprint density at radius 3 is 3.00 bits per heavy atom. The first-order chi connectivity index (χ1) is 9.14. The van der Waals surface area contributed by atoms with Gasteiger partial charge in [0.15, 0.2) is 4.77 Å². The Morgan fingerprint density at radius 2 is 2.32 bits per heavy atom. The number of aromatic amines is 1. The van der Waals surface area contributed by atoms with Crippen molar-refractivity contribution in [1.82, 2.24) is 9.55 Å². The van der Waals surface area contributed by atoms with Crippen LogP contribution in [-0.2, 0) is 10.3 Å². The second kappa shape index (κ2) is 4.65. The summed E-state index contributed by atoms with van der Waals surface area (Å²) in [6.07, 6.45) is 2.14. The topological polar surface area (TPSA) is 39.2 Å². The number of nitrogens with zero attached hydrogens (tertiary/aromatic N) is 1. The smallest absolute Gasteiger partial charge is 0.178 e. The molecule has 19 heavy (non-hydrogen) atoms. The van der Waals surface area contributed by atoms with Gasteiger partial charge in [-0.05, 0) is 44.1 Å². The number of aromatic nitrogens is 2. The number of nitrogens with one attached hydrogen (secondary N) is 1. The van der Waals surface area contributed by atoms with Gasteiger partial charge in [-0.1, -0.05) is 0 Å². The molecular weight excluding hydrogens is 260 g/mol. The minimum Gasteiger partial charge on any atom is -0.497 e. The summed E-state index contributed by atoms with van der Waals surface area (Å²) in [6, 6.07) is 5.98. The highest BCUT2D eigenvalue weighted by Crippen LogP contribution is 2.32. The number of benzene rings is 1. The molecule has 2 aromatic rings. The summed E-state index contributed by atoms with van der Waals surface area (Å²) >= 11 is 5.50. The zero-order valence-electron chi connectivity index (χ0n) is 11.2. The second-order valence-electron chi connectivity index (χ2n) is 5.30. The number of ether oxygens (including phenoxy) is 2. The van der Waals surface area contributed by atoms with Crippen LogP contribution in [-0.4, -0.2) is 29.9 Å². The van der Waals surface area contributed by atoms with Crippen molar-refractivity contribution in [2.75, 3.05) is 20.3 Å². The van der Waals surface area contributed by atoms with E-state index in [1.807, 2.05) is 18.2 Å². The lowest BCUT2D eigenvalue weighted by Crippen LogP contribution is -2.39. The van der Waals surface area contributed by atoms with Crippen molar-refractivity contribution in [3.63, 3.8) is 0 Å². The van der Waals surface area contributed by atoms with Gasteiger partial charge in [0, 0.05) is 12.7 Å². The maximum atomic E-state index is 5.66. The Kier molecular flexibility index (Phi) is 3.11. The predicted molar refractivity (Wildman–Crippen MR) is 77.4 cm³/mol. The van der Waals surface area contributed by atoms with Crippen molar-refractivity contribution in [2.45, 2.75) is 25.3 Å². The Bertz CT molecular complexity index is 653. The lowest BCUT2D eigenvalue weighted by atomic mass is 9.94. The number of imidazole rings is 1. The molecule has 102 valence electrons. The minimum absolute atomic E-state index is 0.0834. The summed E-state index contributed by atoms with van der Waals surface area (Å²) in [4.78, 5) is 3.27. The average molecular weight is 278 g/mol. The van der Waals surface area contributed by atoms with Crippen molar-refractivity contribution < 1.29 is 9.47 Å². The molecule has 0 spiro atoms. The van der Waals surface area contributed by atoms with E-state index in [2.05, 4.69) is 16.5 Å². The van der Waals surface area contributed by atoms with Gasteiger partial charge in [0.05, 0.1) is 30.3 Å². The van der Waals surface area contributed by atoms with Gasteiger partial charge in [-0.2, -0.15) is 0 Å². The summed E-state index contributed by atoms with van der Waals surface area (Å²) in [5.74, 6) is 0.843. The normalized spacial score (nSPS) is 23.7. The van der Waals surface area contributed by atoms with Gasteiger partial charge in [-0.15, -0.1) is 0 Å². The molecule has 0 radical (unpaired) electrons. The summed E-state index contributed by atoms with van der Waals surface area (Å²) in [6.45, 7) is 3.74. The molecule has 1 aliphatic rings. The summed E-state index contributed by atoms with van der Waals surface area (Å²) in [7, 11) is 1.68. The van der Waals surface area contributed by atoms with Crippen LogP contribution in [0.1, 0.15) is 19.8 Å². The molecule has 3 rings (SSSR count). The molecular formula is C14H18N2O2S. The fourth-order valence-corrected chi connectivity index (χ4v) is 3.27. The minimum atomic E-state index is -0.0834. The van der Waals surface area contributed by atoms with Crippen molar-refractivity contribution in [2.24, 2.45) is 0 Å². The lowest BCUT2D eigenvalue weighted by molar-refractivity contribution is 0.0108. The van der Waals surface area contributed by atoms with E-state index in [1.165, 1.54) is 0 Å². The third-order valence-electron chi connectivity index (χ3n) is 3.85. The van der Waals surface area contributed by atoms with E-state index in [-0.39, 0.29) is 5.54 Å². The molecule has 5 heteroatoms. The van der Waals surface area contributed by atoms with Crippen LogP contribution in [0.15, 0.2) is 18.2 Å². The lowest BCUT2D eigenvalue weighted by Gasteiger charge is -2.35. The first-order valence-electron chi connectivity index (χ1n) is 6.51. The highest BCUT2D eigenvalue weighted by atomic mass is 32.1. The Hall–Kier alpha value is -1.33. The van der Waals surface area contributed by atoms with Gasteiger partial charge in [0.25, 0.3) is 0 Å². The molecule has 1 N–H and O–H groups in total. The zero-order chi connectivity index (χ0) is 13.5. The van der Waals surface area contributed by atoms with Crippen molar-refractivity contribution in [3.8, 4) is 5.75 Å². The van der Waals surface area contributed by atoms with Crippen molar-refractivity contribution in [3.05, 3.63) is 23.0 Å². The first-order valence-corrected chi connectivity index (χ1v) is 6.92. The van der Waals surface area contributed by atoms with Crippen molar-refractivity contribution in [1.29, 1.82) is 0 Å². The molecule has 0 saturated carbocycles. The number of fused-ring (bicyclic) bond motifs is 1. The fraction of sp³-hybridized carbons (Fsp3) is 0.500. The van der Waals surface area contributed by atoms with E-state index in [9.17, 15) is 0 Å². The third-order valence-corrected chi connectivity index (χ3v) is 4.13. The van der Waals surface area contributed by atoms with Gasteiger partial charge >= 0.3 is 0 Å². The standard InChI is InChI=1S/C14H18N2O2S/c1-14(6-3-7-18-9-14)16-12-8-10(17-2)4-5-11(12)15-13(16)19/h4-5,8H,3,6-7,9H2,1-2H3,(H,15,19). The summed E-state index contributed by atoms with van der Waals surface area (Å²) < 4.78 is 13.9. The molecule has 1 fully saturated rings. The van der Waals surface area contributed by atoms with E-state index >= 15 is 0 Å². The Labute approximate surface area is 117 Å². The zero-order valence-corrected chi connectivity index (χ0v) is 12.0. The number of rotatable bonds is 2. The quantitative estimate of drug-likeness (QED) is 0.857. The Morgan fingerprint density at radius 1 is 1.47 bits per heavy atom. The average Bonchev–Trinajstić information content (AvgIpc) is 2.74. The molecule has 1 aromatic heterocycles. The Balaban J connectivity index is 2.21. The first kappa shape index (κ1) is 12.7. The molecule has 4 nitrogen and oxygen atoms in total. The molecule has 1 aliphatic heterocycles. The molecule has 1 atom stereocenters. The highest BCUT2D eigenvalue weighted by molar-refractivity contribution is 7.71. The fourth-order valence-electron chi connectivity index (χ4n) is 2.84. The van der Waals surface area contributed by atoms with Gasteiger partial charge in [0.1, 0.15) is 5.75 Å². The molecule has 1 unspecified atom stereocenters. The summed E-state index contributed by atoms with van der Waals surface area (Å²) in [5.41, 5.74) is 2.04. The SMILES string of the molecule is COc1ccc2[nH]c(=S)n(C3(C)CCCOC3)c2c1. The predicted octanol–water partition coefficient (Wildman–Crippen LogP) is 3.23. The number of hydrogen-bond donors (Lipinski definition) is 1. The maximum absolute atomic E-state index is 5.66.